The van der Waals surface area contributed by atoms with Crippen LogP contribution in [-0.2, 0) is 32.0 Å². The van der Waals surface area contributed by atoms with Gasteiger partial charge in [-0.05, 0) is 48.9 Å². The lowest BCUT2D eigenvalue weighted by Crippen LogP contribution is -2.56. The number of aromatic amines is 2. The van der Waals surface area contributed by atoms with Crippen LogP contribution in [0, 0.1) is 11.8 Å². The van der Waals surface area contributed by atoms with Crippen LogP contribution < -0.4 is 31.9 Å². The molecule has 0 bridgehead atoms. The first kappa shape index (κ1) is 50.3. The standard InChI is InChI=1S/C48H68N10O6/c1-5-33(3)41(57-45(61)39(27-37-29-49-31-53-37)55-43(59)35-21-15-13-16-22-35)47(63)51-25-19-11-9-7-8-10-12-20-26-52-48(64)42(34(4)6-2)58-46(62)40(28-38-30-50-32-54-38)56-44(60)36-23-17-14-18-24-36/h13-18,21-24,29-34,39-42H,5-12,19-20,25-28H2,1-4H3,(H,49,53)(H,50,54)(H,51,63)(H,52,64)(H,55,59)(H,56,60)(H,57,61)(H,58,62)/t33?,34?,39-,40+,41-,42+. The zero-order valence-electron chi connectivity index (χ0n) is 37.8. The second-order valence-corrected chi connectivity index (χ2v) is 16.5. The molecule has 4 rings (SSSR count). The fourth-order valence-corrected chi connectivity index (χ4v) is 7.18. The first-order valence-electron chi connectivity index (χ1n) is 22.8. The molecule has 0 aliphatic carbocycles. The summed E-state index contributed by atoms with van der Waals surface area (Å²) in [7, 11) is 0. The number of carbonyl (C=O) groups is 6. The first-order chi connectivity index (χ1) is 31.0. The van der Waals surface area contributed by atoms with Crippen molar-refractivity contribution in [2.45, 2.75) is 129 Å². The van der Waals surface area contributed by atoms with Crippen LogP contribution in [0.2, 0.25) is 0 Å². The molecule has 16 heteroatoms. The molecule has 0 aliphatic heterocycles. The van der Waals surface area contributed by atoms with E-state index in [1.54, 1.807) is 60.9 Å². The maximum absolute atomic E-state index is 13.6. The van der Waals surface area contributed by atoms with E-state index >= 15 is 0 Å². The van der Waals surface area contributed by atoms with E-state index in [9.17, 15) is 28.8 Å². The number of nitrogens with one attached hydrogen (secondary N) is 8. The van der Waals surface area contributed by atoms with Gasteiger partial charge < -0.3 is 41.9 Å². The highest BCUT2D eigenvalue weighted by Gasteiger charge is 2.32. The summed E-state index contributed by atoms with van der Waals surface area (Å²) in [5, 5.41) is 17.5. The number of unbranched alkanes of at least 4 members (excludes halogenated alkanes) is 7. The van der Waals surface area contributed by atoms with Crippen LogP contribution in [0.3, 0.4) is 0 Å². The average Bonchev–Trinajstić information content (AvgIpc) is 4.04. The van der Waals surface area contributed by atoms with Gasteiger partial charge in [-0.2, -0.15) is 0 Å². The first-order valence-corrected chi connectivity index (χ1v) is 22.8. The van der Waals surface area contributed by atoms with Gasteiger partial charge in [0, 0.05) is 60.8 Å². The molecule has 346 valence electrons. The van der Waals surface area contributed by atoms with Gasteiger partial charge >= 0.3 is 0 Å². The summed E-state index contributed by atoms with van der Waals surface area (Å²) in [5.74, 6) is -2.41. The number of benzene rings is 2. The Morgan fingerprint density at radius 3 is 1.19 bits per heavy atom. The lowest BCUT2D eigenvalue weighted by Gasteiger charge is -2.26. The summed E-state index contributed by atoms with van der Waals surface area (Å²) in [6.45, 7) is 8.77. The Hall–Kier alpha value is -6.32. The molecule has 0 fully saturated rings. The maximum Gasteiger partial charge on any atom is 0.251 e. The van der Waals surface area contributed by atoms with Crippen molar-refractivity contribution in [3.05, 3.63) is 108 Å². The van der Waals surface area contributed by atoms with Crippen molar-refractivity contribution in [1.29, 1.82) is 0 Å². The summed E-state index contributed by atoms with van der Waals surface area (Å²) in [6, 6.07) is 14.0. The summed E-state index contributed by atoms with van der Waals surface area (Å²) in [5.41, 5.74) is 2.22. The van der Waals surface area contributed by atoms with Gasteiger partial charge in [-0.1, -0.05) is 115 Å². The van der Waals surface area contributed by atoms with E-state index in [1.165, 1.54) is 12.7 Å². The Bertz CT molecular complexity index is 1850. The minimum Gasteiger partial charge on any atom is -0.354 e. The van der Waals surface area contributed by atoms with Gasteiger partial charge in [0.15, 0.2) is 0 Å². The van der Waals surface area contributed by atoms with E-state index < -0.39 is 36.0 Å². The maximum atomic E-state index is 13.6. The summed E-state index contributed by atoms with van der Waals surface area (Å²) in [6.07, 6.45) is 15.6. The molecular formula is C48H68N10O6. The van der Waals surface area contributed by atoms with E-state index in [0.29, 0.717) is 48.4 Å². The third-order valence-corrected chi connectivity index (χ3v) is 11.6. The highest BCUT2D eigenvalue weighted by atomic mass is 16.2. The Kier molecular flexibility index (Phi) is 21.8. The van der Waals surface area contributed by atoms with Gasteiger partial charge in [0.2, 0.25) is 23.6 Å². The molecule has 2 aromatic carbocycles. The largest absolute Gasteiger partial charge is 0.354 e. The SMILES string of the molecule is CCC(C)[C@H](NC(=O)[C@H](Cc1cnc[nH]1)NC(=O)c1ccccc1)C(=O)NCCCCCCCCCCNC(=O)[C@H](NC(=O)[C@@H](Cc1cnc[nH]1)NC(=O)c1ccccc1)C(C)CC. The van der Waals surface area contributed by atoms with Gasteiger partial charge in [-0.15, -0.1) is 0 Å². The molecule has 2 aromatic heterocycles. The molecule has 0 spiro atoms. The summed E-state index contributed by atoms with van der Waals surface area (Å²) < 4.78 is 0. The molecule has 0 radical (unpaired) electrons. The second-order valence-electron chi connectivity index (χ2n) is 16.5. The molecule has 0 saturated heterocycles. The average molecular weight is 881 g/mol. The van der Waals surface area contributed by atoms with Crippen molar-refractivity contribution < 1.29 is 28.8 Å². The smallest absolute Gasteiger partial charge is 0.251 e. The van der Waals surface area contributed by atoms with Gasteiger partial charge in [0.25, 0.3) is 11.8 Å². The minimum absolute atomic E-state index is 0.130. The Morgan fingerprint density at radius 2 is 0.859 bits per heavy atom. The predicted octanol–water partition coefficient (Wildman–Crippen LogP) is 4.93. The molecule has 4 aromatic rings. The van der Waals surface area contributed by atoms with Crippen LogP contribution in [0.4, 0.5) is 0 Å². The quantitative estimate of drug-likeness (QED) is 0.0348. The lowest BCUT2D eigenvalue weighted by atomic mass is 9.97. The number of amides is 6. The zero-order valence-corrected chi connectivity index (χ0v) is 37.8. The molecular weight excluding hydrogens is 813 g/mol. The van der Waals surface area contributed by atoms with E-state index in [1.807, 2.05) is 39.8 Å². The molecule has 2 unspecified atom stereocenters. The molecule has 64 heavy (non-hydrogen) atoms. The van der Waals surface area contributed by atoms with Crippen LogP contribution in [0.25, 0.3) is 0 Å². The monoisotopic (exact) mass is 881 g/mol. The number of imidazole rings is 2. The number of hydrogen-bond donors (Lipinski definition) is 8. The zero-order chi connectivity index (χ0) is 46.1. The van der Waals surface area contributed by atoms with E-state index in [-0.39, 0.29) is 48.3 Å². The fraction of sp³-hybridized carbons (Fsp3) is 0.500. The molecule has 0 saturated carbocycles. The number of carbonyl (C=O) groups excluding carboxylic acids is 6. The van der Waals surface area contributed by atoms with E-state index in [0.717, 1.165) is 51.4 Å². The fourth-order valence-electron chi connectivity index (χ4n) is 7.18. The molecule has 6 amide bonds. The lowest BCUT2D eigenvalue weighted by molar-refractivity contribution is -0.131. The van der Waals surface area contributed by atoms with Crippen molar-refractivity contribution in [1.82, 2.24) is 51.8 Å². The summed E-state index contributed by atoms with van der Waals surface area (Å²) in [4.78, 5) is 93.9. The van der Waals surface area contributed by atoms with Crippen LogP contribution >= 0.6 is 0 Å². The normalized spacial score (nSPS) is 13.9. The van der Waals surface area contributed by atoms with Crippen molar-refractivity contribution in [3.8, 4) is 0 Å². The Balaban J connectivity index is 1.13. The summed E-state index contributed by atoms with van der Waals surface area (Å²) >= 11 is 0. The second kappa shape index (κ2) is 27.7. The van der Waals surface area contributed by atoms with E-state index in [4.69, 9.17) is 0 Å². The number of aromatic nitrogens is 4. The minimum atomic E-state index is -0.923. The molecule has 6 atom stereocenters. The topological polar surface area (TPSA) is 232 Å². The predicted molar refractivity (Wildman–Crippen MR) is 246 cm³/mol. The molecule has 16 nitrogen and oxygen atoms in total. The van der Waals surface area contributed by atoms with Crippen molar-refractivity contribution in [3.63, 3.8) is 0 Å². The number of hydrogen-bond acceptors (Lipinski definition) is 8. The van der Waals surface area contributed by atoms with Crippen molar-refractivity contribution >= 4 is 35.4 Å². The van der Waals surface area contributed by atoms with Crippen molar-refractivity contribution in [2.75, 3.05) is 13.1 Å². The van der Waals surface area contributed by atoms with Gasteiger partial charge in [0.1, 0.15) is 24.2 Å². The van der Waals surface area contributed by atoms with Crippen LogP contribution in [0.1, 0.15) is 124 Å². The number of H-pyrrole nitrogens is 2. The Labute approximate surface area is 377 Å². The van der Waals surface area contributed by atoms with Gasteiger partial charge in [0.05, 0.1) is 12.7 Å². The molecule has 2 heterocycles. The molecule has 0 aliphatic rings. The third kappa shape index (κ3) is 17.1. The van der Waals surface area contributed by atoms with Gasteiger partial charge in [-0.25, -0.2) is 9.97 Å². The number of rotatable bonds is 29. The Morgan fingerprint density at radius 1 is 0.500 bits per heavy atom. The highest BCUT2D eigenvalue weighted by Crippen LogP contribution is 2.13. The van der Waals surface area contributed by atoms with Crippen molar-refractivity contribution in [2.24, 2.45) is 11.8 Å². The van der Waals surface area contributed by atoms with Crippen LogP contribution in [0.15, 0.2) is 85.7 Å². The van der Waals surface area contributed by atoms with Crippen LogP contribution in [0.5, 0.6) is 0 Å². The highest BCUT2D eigenvalue weighted by molar-refractivity contribution is 5.99. The number of nitrogens with zero attached hydrogens (tertiary/aromatic N) is 2. The van der Waals surface area contributed by atoms with Gasteiger partial charge in [-0.3, -0.25) is 28.8 Å². The molecule has 8 N–H and O–H groups in total. The third-order valence-electron chi connectivity index (χ3n) is 11.6. The van der Waals surface area contributed by atoms with E-state index in [2.05, 4.69) is 51.8 Å². The van der Waals surface area contributed by atoms with Crippen LogP contribution in [-0.4, -0.2) is 92.6 Å².